The first-order valence-electron chi connectivity index (χ1n) is 5.73. The molecule has 0 saturated carbocycles. The average Bonchev–Trinajstić information content (AvgIpc) is 2.32. The van der Waals surface area contributed by atoms with Gasteiger partial charge in [-0.3, -0.25) is 4.79 Å². The van der Waals surface area contributed by atoms with Gasteiger partial charge in [-0.05, 0) is 24.3 Å². The van der Waals surface area contributed by atoms with Crippen molar-refractivity contribution in [3.63, 3.8) is 0 Å². The van der Waals surface area contributed by atoms with Crippen LogP contribution >= 0.6 is 11.6 Å². The van der Waals surface area contributed by atoms with Gasteiger partial charge in [-0.25, -0.2) is 0 Å². The normalized spacial score (nSPS) is 19.8. The van der Waals surface area contributed by atoms with Gasteiger partial charge in [-0.1, -0.05) is 11.6 Å². The van der Waals surface area contributed by atoms with E-state index in [1.54, 1.807) is 12.1 Å². The van der Waals surface area contributed by atoms with E-state index in [4.69, 9.17) is 16.3 Å². The highest BCUT2D eigenvalue weighted by molar-refractivity contribution is 6.30. The zero-order valence-electron chi connectivity index (χ0n) is 9.54. The fraction of sp³-hybridized carbons (Fsp3) is 0.417. The number of rotatable bonds is 4. The van der Waals surface area contributed by atoms with Crippen LogP contribution in [0.2, 0.25) is 5.02 Å². The van der Waals surface area contributed by atoms with Gasteiger partial charge in [0.15, 0.2) is 6.54 Å². The summed E-state index contributed by atoms with van der Waals surface area (Å²) in [6, 6.07) is 7.30. The minimum Gasteiger partial charge on any atom is -0.488 e. The number of carbonyl (C=O) groups is 1. The van der Waals surface area contributed by atoms with E-state index in [0.717, 1.165) is 25.4 Å². The molecule has 0 spiro atoms. The summed E-state index contributed by atoms with van der Waals surface area (Å²) in [4.78, 5) is 12.4. The molecule has 1 amide bonds. The van der Waals surface area contributed by atoms with Crippen LogP contribution in [0.25, 0.3) is 0 Å². The summed E-state index contributed by atoms with van der Waals surface area (Å²) in [5.74, 6) is 0.938. The fourth-order valence-electron chi connectivity index (χ4n) is 1.81. The van der Waals surface area contributed by atoms with Gasteiger partial charge in [0.05, 0.1) is 13.1 Å². The Morgan fingerprint density at radius 2 is 2.12 bits per heavy atom. The number of piperazine rings is 1. The average molecular weight is 256 g/mol. The molecule has 1 heterocycles. The molecule has 1 aromatic rings. The molecule has 1 unspecified atom stereocenters. The van der Waals surface area contributed by atoms with Crippen molar-refractivity contribution in [2.75, 3.05) is 32.8 Å². The number of ether oxygens (including phenoxy) is 1. The van der Waals surface area contributed by atoms with E-state index < -0.39 is 0 Å². The number of hydrogen-bond donors (Lipinski definition) is 2. The van der Waals surface area contributed by atoms with Crippen molar-refractivity contribution in [1.29, 1.82) is 0 Å². The first-order chi connectivity index (χ1) is 8.24. The topological polar surface area (TPSA) is 42.8 Å². The maximum atomic E-state index is 11.2. The van der Waals surface area contributed by atoms with Gasteiger partial charge in [-0.2, -0.15) is 0 Å². The van der Waals surface area contributed by atoms with Gasteiger partial charge in [-0.15, -0.1) is 0 Å². The molecule has 1 fully saturated rings. The van der Waals surface area contributed by atoms with Crippen molar-refractivity contribution >= 4 is 17.5 Å². The van der Waals surface area contributed by atoms with Gasteiger partial charge in [0, 0.05) is 5.02 Å². The quantitative estimate of drug-likeness (QED) is 0.778. The third-order valence-corrected chi connectivity index (χ3v) is 3.00. The summed E-state index contributed by atoms with van der Waals surface area (Å²) in [6.45, 7) is 3.73. The lowest BCUT2D eigenvalue weighted by molar-refractivity contribution is -0.893. The van der Waals surface area contributed by atoms with Crippen LogP contribution in [-0.2, 0) is 4.79 Å². The molecule has 0 aromatic heterocycles. The first-order valence-corrected chi connectivity index (χ1v) is 6.10. The van der Waals surface area contributed by atoms with Crippen molar-refractivity contribution in [3.8, 4) is 5.75 Å². The molecule has 1 aliphatic rings. The van der Waals surface area contributed by atoms with Gasteiger partial charge in [0.1, 0.15) is 18.9 Å². The lowest BCUT2D eigenvalue weighted by atomic mass is 10.3. The van der Waals surface area contributed by atoms with Crippen LogP contribution in [0.4, 0.5) is 0 Å². The summed E-state index contributed by atoms with van der Waals surface area (Å²) in [6.07, 6.45) is 0. The maximum Gasteiger partial charge on any atom is 0.275 e. The van der Waals surface area contributed by atoms with Crippen LogP contribution < -0.4 is 15.0 Å². The maximum absolute atomic E-state index is 11.2. The van der Waals surface area contributed by atoms with E-state index in [1.165, 1.54) is 4.90 Å². The molecule has 1 atom stereocenters. The molecule has 0 radical (unpaired) electrons. The third-order valence-electron chi connectivity index (χ3n) is 2.75. The van der Waals surface area contributed by atoms with E-state index in [9.17, 15) is 4.79 Å². The van der Waals surface area contributed by atoms with Crippen LogP contribution in [0.5, 0.6) is 5.75 Å². The second-order valence-electron chi connectivity index (χ2n) is 4.08. The second kappa shape index (κ2) is 5.89. The molecule has 2 rings (SSSR count). The highest BCUT2D eigenvalue weighted by Crippen LogP contribution is 2.14. The van der Waals surface area contributed by atoms with Gasteiger partial charge in [0.25, 0.3) is 5.91 Å². The number of hydrogen-bond acceptors (Lipinski definition) is 2. The molecule has 1 saturated heterocycles. The molecule has 0 aliphatic carbocycles. The first kappa shape index (κ1) is 12.2. The molecule has 92 valence electrons. The highest BCUT2D eigenvalue weighted by Gasteiger charge is 2.18. The zero-order valence-corrected chi connectivity index (χ0v) is 10.3. The van der Waals surface area contributed by atoms with E-state index >= 15 is 0 Å². The Balaban J connectivity index is 1.72. The third kappa shape index (κ3) is 3.91. The highest BCUT2D eigenvalue weighted by atomic mass is 35.5. The number of quaternary nitrogens is 1. The van der Waals surface area contributed by atoms with Crippen molar-refractivity contribution in [2.45, 2.75) is 0 Å². The van der Waals surface area contributed by atoms with E-state index in [2.05, 4.69) is 5.32 Å². The number of halogens is 1. The largest absolute Gasteiger partial charge is 0.488 e. The summed E-state index contributed by atoms with van der Waals surface area (Å²) in [5, 5.41) is 3.52. The van der Waals surface area contributed by atoms with Crippen molar-refractivity contribution < 1.29 is 14.4 Å². The minimum absolute atomic E-state index is 0.123. The zero-order chi connectivity index (χ0) is 12.1. The Morgan fingerprint density at radius 1 is 1.35 bits per heavy atom. The van der Waals surface area contributed by atoms with Crippen molar-refractivity contribution in [2.24, 2.45) is 0 Å². The molecule has 1 aromatic carbocycles. The van der Waals surface area contributed by atoms with E-state index in [1.807, 2.05) is 12.1 Å². The van der Waals surface area contributed by atoms with Crippen molar-refractivity contribution in [3.05, 3.63) is 29.3 Å². The van der Waals surface area contributed by atoms with Crippen LogP contribution in [0.15, 0.2) is 24.3 Å². The molecular weight excluding hydrogens is 240 g/mol. The smallest absolute Gasteiger partial charge is 0.275 e. The molecule has 2 N–H and O–H groups in total. The van der Waals surface area contributed by atoms with Gasteiger partial charge in [0.2, 0.25) is 0 Å². The van der Waals surface area contributed by atoms with Crippen LogP contribution in [0.3, 0.4) is 0 Å². The Kier molecular flexibility index (Phi) is 4.23. The number of amides is 1. The summed E-state index contributed by atoms with van der Waals surface area (Å²) < 4.78 is 5.59. The van der Waals surface area contributed by atoms with E-state index in [0.29, 0.717) is 18.2 Å². The van der Waals surface area contributed by atoms with Crippen LogP contribution in [-0.4, -0.2) is 38.7 Å². The minimum atomic E-state index is 0.123. The number of benzene rings is 1. The Morgan fingerprint density at radius 3 is 2.82 bits per heavy atom. The molecule has 1 aliphatic heterocycles. The summed E-state index contributed by atoms with van der Waals surface area (Å²) in [5.41, 5.74) is 0. The number of carbonyl (C=O) groups excluding carboxylic acids is 1. The van der Waals surface area contributed by atoms with Crippen LogP contribution in [0, 0.1) is 0 Å². The Labute approximate surface area is 106 Å². The summed E-state index contributed by atoms with van der Waals surface area (Å²) >= 11 is 5.78. The summed E-state index contributed by atoms with van der Waals surface area (Å²) in [7, 11) is 0. The van der Waals surface area contributed by atoms with Crippen LogP contribution in [0.1, 0.15) is 0 Å². The molecular formula is C12H16ClN2O2+. The second-order valence-corrected chi connectivity index (χ2v) is 4.52. The standard InChI is InChI=1S/C12H15ClN2O2/c13-10-1-3-11(4-2-10)17-8-7-15-6-5-14-12(16)9-15/h1-4H,5-9H2,(H,14,16)/p+1. The monoisotopic (exact) mass is 255 g/mol. The molecule has 5 heteroatoms. The molecule has 0 bridgehead atoms. The van der Waals surface area contributed by atoms with Gasteiger partial charge >= 0.3 is 0 Å². The SMILES string of the molecule is O=C1C[NH+](CCOc2ccc(Cl)cc2)CCN1. The molecule has 17 heavy (non-hydrogen) atoms. The van der Waals surface area contributed by atoms with E-state index in [-0.39, 0.29) is 5.91 Å². The fourth-order valence-corrected chi connectivity index (χ4v) is 1.94. The van der Waals surface area contributed by atoms with Gasteiger partial charge < -0.3 is 15.0 Å². The van der Waals surface area contributed by atoms with Crippen molar-refractivity contribution in [1.82, 2.24) is 5.32 Å². The Bertz CT molecular complexity index is 381. The lowest BCUT2D eigenvalue weighted by Crippen LogP contribution is -3.15. The predicted octanol–water partition coefficient (Wildman–Crippen LogP) is -0.266. The Hall–Kier alpha value is -1.26. The number of nitrogens with one attached hydrogen (secondary N) is 2. The lowest BCUT2D eigenvalue weighted by Gasteiger charge is -2.23. The predicted molar refractivity (Wildman–Crippen MR) is 65.5 cm³/mol. The molecule has 4 nitrogen and oxygen atoms in total.